The summed E-state index contributed by atoms with van der Waals surface area (Å²) in [6.45, 7) is 1.99. The molecule has 1 fully saturated rings. The van der Waals surface area contributed by atoms with Crippen LogP contribution in [-0.4, -0.2) is 47.3 Å². The summed E-state index contributed by atoms with van der Waals surface area (Å²) in [5, 5.41) is 2.93. The Morgan fingerprint density at radius 1 is 1.00 bits per heavy atom. The van der Waals surface area contributed by atoms with Crippen LogP contribution < -0.4 is 10.1 Å². The smallest absolute Gasteiger partial charge is 0.338 e. The second-order valence-corrected chi connectivity index (χ2v) is 9.32. The average molecular weight is 477 g/mol. The maximum Gasteiger partial charge on any atom is 0.338 e. The van der Waals surface area contributed by atoms with E-state index >= 15 is 0 Å². The number of nitrogens with zero attached hydrogens (tertiary/aromatic N) is 1. The first-order valence-electron chi connectivity index (χ1n) is 12.2. The minimum Gasteiger partial charge on any atom is -0.493 e. The number of hydrogen-bond donors (Lipinski definition) is 1. The molecule has 1 aliphatic carbocycles. The predicted octanol–water partition coefficient (Wildman–Crippen LogP) is 3.80. The molecule has 5 rings (SSSR count). The number of nitrogens with one attached hydrogen (secondary N) is 1. The molecule has 2 aromatic rings. The number of rotatable bonds is 5. The SMILES string of the molecule is CC(OC(=O)c1ccc2c(c1)C(=O)N(C1CCCCC1)C2=O)C(=O)NC1CCOc2ccccc21. The quantitative estimate of drug-likeness (QED) is 0.520. The number of esters is 1. The number of amides is 3. The zero-order valence-electron chi connectivity index (χ0n) is 19.6. The number of carbonyl (C=O) groups excluding carboxylic acids is 4. The van der Waals surface area contributed by atoms with Crippen molar-refractivity contribution in [3.63, 3.8) is 0 Å². The molecule has 2 aromatic carbocycles. The molecule has 8 nitrogen and oxygen atoms in total. The van der Waals surface area contributed by atoms with Crippen molar-refractivity contribution in [1.82, 2.24) is 10.2 Å². The number of ether oxygens (including phenoxy) is 2. The van der Waals surface area contributed by atoms with E-state index in [2.05, 4.69) is 5.32 Å². The lowest BCUT2D eigenvalue weighted by atomic mass is 9.94. The number of carbonyl (C=O) groups is 4. The summed E-state index contributed by atoms with van der Waals surface area (Å²) in [5.74, 6) is -1.08. The molecule has 2 unspecified atom stereocenters. The Bertz CT molecular complexity index is 1190. The van der Waals surface area contributed by atoms with Gasteiger partial charge in [0.25, 0.3) is 17.7 Å². The lowest BCUT2D eigenvalue weighted by Crippen LogP contribution is -2.40. The normalized spacial score (nSPS) is 20.5. The van der Waals surface area contributed by atoms with Crippen LogP contribution in [0, 0.1) is 0 Å². The number of benzene rings is 2. The predicted molar refractivity (Wildman–Crippen MR) is 126 cm³/mol. The highest BCUT2D eigenvalue weighted by Crippen LogP contribution is 2.33. The molecule has 182 valence electrons. The Labute approximate surface area is 203 Å². The maximum atomic E-state index is 13.0. The van der Waals surface area contributed by atoms with E-state index in [0.717, 1.165) is 43.4 Å². The van der Waals surface area contributed by atoms with Gasteiger partial charge < -0.3 is 14.8 Å². The van der Waals surface area contributed by atoms with Gasteiger partial charge in [-0.05, 0) is 44.0 Å². The van der Waals surface area contributed by atoms with E-state index in [1.165, 1.54) is 30.0 Å². The van der Waals surface area contributed by atoms with Crippen molar-refractivity contribution in [3.8, 4) is 5.75 Å². The summed E-state index contributed by atoms with van der Waals surface area (Å²) in [6.07, 6.45) is 4.30. The van der Waals surface area contributed by atoms with Gasteiger partial charge in [0.05, 0.1) is 29.3 Å². The van der Waals surface area contributed by atoms with Crippen LogP contribution in [0.15, 0.2) is 42.5 Å². The molecule has 3 amide bonds. The van der Waals surface area contributed by atoms with E-state index in [1.54, 1.807) is 0 Å². The number of fused-ring (bicyclic) bond motifs is 2. The molecule has 2 atom stereocenters. The van der Waals surface area contributed by atoms with E-state index in [4.69, 9.17) is 9.47 Å². The fraction of sp³-hybridized carbons (Fsp3) is 0.407. The molecule has 3 aliphatic rings. The van der Waals surface area contributed by atoms with Gasteiger partial charge in [0.15, 0.2) is 6.10 Å². The van der Waals surface area contributed by atoms with Gasteiger partial charge in [0.1, 0.15) is 5.75 Å². The Morgan fingerprint density at radius 3 is 2.54 bits per heavy atom. The Balaban J connectivity index is 1.25. The molecule has 0 radical (unpaired) electrons. The van der Waals surface area contributed by atoms with Gasteiger partial charge in [0.2, 0.25) is 0 Å². The summed E-state index contributed by atoms with van der Waals surface area (Å²) in [5.41, 5.74) is 1.54. The van der Waals surface area contributed by atoms with Crippen molar-refractivity contribution in [2.45, 2.75) is 63.6 Å². The molecule has 2 aliphatic heterocycles. The van der Waals surface area contributed by atoms with Crippen molar-refractivity contribution in [1.29, 1.82) is 0 Å². The van der Waals surface area contributed by atoms with E-state index < -0.39 is 18.0 Å². The zero-order valence-corrected chi connectivity index (χ0v) is 19.6. The standard InChI is InChI=1S/C27H28N2O6/c1-16(24(30)28-22-13-14-34-23-10-6-5-9-20(22)23)35-27(33)17-11-12-19-21(15-17)26(32)29(25(19)31)18-7-3-2-4-8-18/h5-6,9-12,15-16,18,22H,2-4,7-8,13-14H2,1H3,(H,28,30). The minimum atomic E-state index is -1.04. The van der Waals surface area contributed by atoms with Gasteiger partial charge in [0, 0.05) is 18.0 Å². The van der Waals surface area contributed by atoms with Crippen LogP contribution in [0.4, 0.5) is 0 Å². The van der Waals surface area contributed by atoms with E-state index in [9.17, 15) is 19.2 Å². The highest BCUT2D eigenvalue weighted by molar-refractivity contribution is 6.22. The third-order valence-corrected chi connectivity index (χ3v) is 7.02. The van der Waals surface area contributed by atoms with E-state index in [1.807, 2.05) is 24.3 Å². The van der Waals surface area contributed by atoms with Gasteiger partial charge in [-0.15, -0.1) is 0 Å². The first-order valence-corrected chi connectivity index (χ1v) is 12.2. The molecule has 0 bridgehead atoms. The highest BCUT2D eigenvalue weighted by Gasteiger charge is 2.40. The molecule has 8 heteroatoms. The first kappa shape index (κ1) is 23.1. The van der Waals surface area contributed by atoms with Crippen molar-refractivity contribution in [3.05, 3.63) is 64.7 Å². The van der Waals surface area contributed by atoms with Crippen LogP contribution in [0.2, 0.25) is 0 Å². The van der Waals surface area contributed by atoms with Crippen LogP contribution in [0.5, 0.6) is 5.75 Å². The van der Waals surface area contributed by atoms with Crippen molar-refractivity contribution < 1.29 is 28.7 Å². The van der Waals surface area contributed by atoms with E-state index in [0.29, 0.717) is 18.6 Å². The van der Waals surface area contributed by atoms with Gasteiger partial charge in [-0.2, -0.15) is 0 Å². The zero-order chi connectivity index (χ0) is 24.5. The monoisotopic (exact) mass is 476 g/mol. The topological polar surface area (TPSA) is 102 Å². The Morgan fingerprint density at radius 2 is 1.74 bits per heavy atom. The van der Waals surface area contributed by atoms with Gasteiger partial charge in [-0.1, -0.05) is 37.5 Å². The van der Waals surface area contributed by atoms with Crippen molar-refractivity contribution in [2.24, 2.45) is 0 Å². The van der Waals surface area contributed by atoms with Crippen LogP contribution in [0.1, 0.15) is 88.1 Å². The highest BCUT2D eigenvalue weighted by atomic mass is 16.5. The van der Waals surface area contributed by atoms with Gasteiger partial charge >= 0.3 is 5.97 Å². The van der Waals surface area contributed by atoms with E-state index in [-0.39, 0.29) is 35.0 Å². The summed E-state index contributed by atoms with van der Waals surface area (Å²) < 4.78 is 11.0. The third-order valence-electron chi connectivity index (χ3n) is 7.02. The number of imide groups is 1. The molecule has 1 saturated carbocycles. The number of hydrogen-bond acceptors (Lipinski definition) is 6. The third kappa shape index (κ3) is 4.40. The fourth-order valence-corrected chi connectivity index (χ4v) is 5.12. The fourth-order valence-electron chi connectivity index (χ4n) is 5.12. The maximum absolute atomic E-state index is 13.0. The van der Waals surface area contributed by atoms with Crippen LogP contribution in [0.25, 0.3) is 0 Å². The molecule has 0 aromatic heterocycles. The largest absolute Gasteiger partial charge is 0.493 e. The molecular weight excluding hydrogens is 448 g/mol. The van der Waals surface area contributed by atoms with Crippen molar-refractivity contribution in [2.75, 3.05) is 6.61 Å². The lowest BCUT2D eigenvalue weighted by molar-refractivity contribution is -0.130. The summed E-state index contributed by atoms with van der Waals surface area (Å²) in [4.78, 5) is 52.8. The molecule has 1 N–H and O–H groups in total. The number of para-hydroxylation sites is 1. The second kappa shape index (κ2) is 9.52. The lowest BCUT2D eigenvalue weighted by Gasteiger charge is -2.29. The summed E-state index contributed by atoms with van der Waals surface area (Å²) in [6, 6.07) is 11.5. The Kier molecular flexibility index (Phi) is 6.28. The molecular formula is C27H28N2O6. The molecule has 0 spiro atoms. The average Bonchev–Trinajstić information content (AvgIpc) is 3.13. The van der Waals surface area contributed by atoms with Gasteiger partial charge in [-0.3, -0.25) is 19.3 Å². The van der Waals surface area contributed by atoms with Gasteiger partial charge in [-0.25, -0.2) is 4.79 Å². The minimum absolute atomic E-state index is 0.0920. The summed E-state index contributed by atoms with van der Waals surface area (Å²) >= 11 is 0. The van der Waals surface area contributed by atoms with Crippen LogP contribution >= 0.6 is 0 Å². The second-order valence-electron chi connectivity index (χ2n) is 9.32. The van der Waals surface area contributed by atoms with Crippen molar-refractivity contribution >= 4 is 23.7 Å². The first-order chi connectivity index (χ1) is 16.9. The Hall–Kier alpha value is -3.68. The summed E-state index contributed by atoms with van der Waals surface area (Å²) in [7, 11) is 0. The molecule has 35 heavy (non-hydrogen) atoms. The molecule has 0 saturated heterocycles. The van der Waals surface area contributed by atoms with Crippen LogP contribution in [0.3, 0.4) is 0 Å². The molecule has 2 heterocycles. The van der Waals surface area contributed by atoms with Crippen LogP contribution in [-0.2, 0) is 9.53 Å².